The molecule has 96 valence electrons. The monoisotopic (exact) mass is 235 g/mol. The number of methoxy groups -OCH3 is 1. The Morgan fingerprint density at radius 1 is 1.25 bits per heavy atom. The Morgan fingerprint density at radius 2 is 1.81 bits per heavy atom. The molecule has 1 unspecified atom stereocenters. The quantitative estimate of drug-likeness (QED) is 0.402. The molecule has 16 heavy (non-hydrogen) atoms. The van der Waals surface area contributed by atoms with Gasteiger partial charge in [-0.05, 0) is 6.92 Å². The molecule has 0 amide bonds. The highest BCUT2D eigenvalue weighted by Crippen LogP contribution is 1.97. The van der Waals surface area contributed by atoms with Gasteiger partial charge in [0, 0.05) is 26.7 Å². The highest BCUT2D eigenvalue weighted by molar-refractivity contribution is 5.69. The lowest BCUT2D eigenvalue weighted by Crippen LogP contribution is -2.32. The van der Waals surface area contributed by atoms with Crippen LogP contribution in [0.15, 0.2) is 0 Å². The number of rotatable bonds is 9. The highest BCUT2D eigenvalue weighted by atomic mass is 16.7. The van der Waals surface area contributed by atoms with E-state index in [1.165, 1.54) is 7.11 Å². The maximum atomic E-state index is 11.3. The Labute approximate surface area is 95.8 Å². The molecule has 0 saturated heterocycles. The van der Waals surface area contributed by atoms with Crippen molar-refractivity contribution < 1.29 is 24.5 Å². The van der Waals surface area contributed by atoms with Gasteiger partial charge in [-0.1, -0.05) is 0 Å². The first-order valence-electron chi connectivity index (χ1n) is 5.30. The molecule has 0 bridgehead atoms. The Bertz CT molecular complexity index is 182. The second kappa shape index (κ2) is 9.53. The summed E-state index contributed by atoms with van der Waals surface area (Å²) in [4.78, 5) is 13.1. The molecule has 0 heterocycles. The van der Waals surface area contributed by atoms with Gasteiger partial charge in [-0.15, -0.1) is 0 Å². The maximum Gasteiger partial charge on any atom is 0.309 e. The summed E-state index contributed by atoms with van der Waals surface area (Å²) in [6.07, 6.45) is -0.329. The molecule has 1 atom stereocenters. The van der Waals surface area contributed by atoms with Crippen LogP contribution in [0.5, 0.6) is 0 Å². The van der Waals surface area contributed by atoms with Crippen molar-refractivity contribution >= 4 is 5.97 Å². The molecule has 0 spiro atoms. The first-order valence-corrected chi connectivity index (χ1v) is 5.30. The summed E-state index contributed by atoms with van der Waals surface area (Å²) in [6, 6.07) is 0. The van der Waals surface area contributed by atoms with E-state index in [0.29, 0.717) is 19.6 Å². The summed E-state index contributed by atoms with van der Waals surface area (Å²) in [5, 5.41) is 17.5. The van der Waals surface area contributed by atoms with Crippen molar-refractivity contribution in [3.8, 4) is 0 Å². The molecular weight excluding hydrogens is 214 g/mol. The van der Waals surface area contributed by atoms with Crippen LogP contribution in [-0.4, -0.2) is 67.3 Å². The molecule has 6 nitrogen and oxygen atoms in total. The predicted octanol–water partition coefficient (Wildman–Crippen LogP) is -0.801. The van der Waals surface area contributed by atoms with Crippen LogP contribution in [0.3, 0.4) is 0 Å². The van der Waals surface area contributed by atoms with Crippen LogP contribution < -0.4 is 0 Å². The molecule has 0 aromatic carbocycles. The van der Waals surface area contributed by atoms with Crippen LogP contribution >= 0.6 is 0 Å². The van der Waals surface area contributed by atoms with Crippen molar-refractivity contribution in [2.75, 3.05) is 40.0 Å². The third-order valence-corrected chi connectivity index (χ3v) is 2.09. The Balaban J connectivity index is 3.77. The minimum Gasteiger partial charge on any atom is -0.436 e. The van der Waals surface area contributed by atoms with Crippen molar-refractivity contribution in [2.45, 2.75) is 19.6 Å². The summed E-state index contributed by atoms with van der Waals surface area (Å²) >= 11 is 0. The minimum absolute atomic E-state index is 0.00349. The number of carbonyl (C=O) groups is 1. The number of hydrogen-bond donors (Lipinski definition) is 2. The predicted molar refractivity (Wildman–Crippen MR) is 57.8 cm³/mol. The van der Waals surface area contributed by atoms with Gasteiger partial charge in [-0.2, -0.15) is 0 Å². The van der Waals surface area contributed by atoms with Gasteiger partial charge >= 0.3 is 5.97 Å². The normalized spacial score (nSPS) is 12.8. The Kier molecular flexibility index (Phi) is 9.12. The molecule has 0 aliphatic rings. The topological polar surface area (TPSA) is 79.2 Å². The van der Waals surface area contributed by atoms with Crippen LogP contribution in [0.4, 0.5) is 0 Å². The van der Waals surface area contributed by atoms with Gasteiger partial charge in [0.05, 0.1) is 19.6 Å². The van der Waals surface area contributed by atoms with Crippen molar-refractivity contribution in [3.63, 3.8) is 0 Å². The van der Waals surface area contributed by atoms with E-state index in [-0.39, 0.29) is 25.6 Å². The fourth-order valence-electron chi connectivity index (χ4n) is 1.16. The number of esters is 1. The standard InChI is InChI=1S/C10H21NO5/c1-9(15-2)16-10(14)3-4-11(5-7-12)6-8-13/h9,12-13H,3-8H2,1-2H3. The van der Waals surface area contributed by atoms with Crippen molar-refractivity contribution in [1.29, 1.82) is 0 Å². The highest BCUT2D eigenvalue weighted by Gasteiger charge is 2.11. The van der Waals surface area contributed by atoms with E-state index >= 15 is 0 Å². The summed E-state index contributed by atoms with van der Waals surface area (Å²) in [6.45, 7) is 2.97. The molecule has 0 aliphatic carbocycles. The van der Waals surface area contributed by atoms with Gasteiger partial charge in [-0.3, -0.25) is 9.69 Å². The third-order valence-electron chi connectivity index (χ3n) is 2.09. The van der Waals surface area contributed by atoms with Crippen LogP contribution in [0.1, 0.15) is 13.3 Å². The van der Waals surface area contributed by atoms with Crippen LogP contribution in [0.25, 0.3) is 0 Å². The SMILES string of the molecule is COC(C)OC(=O)CCN(CCO)CCO. The van der Waals surface area contributed by atoms with E-state index < -0.39 is 6.29 Å². The van der Waals surface area contributed by atoms with Crippen molar-refractivity contribution in [3.05, 3.63) is 0 Å². The number of carbonyl (C=O) groups excluding carboxylic acids is 1. The lowest BCUT2D eigenvalue weighted by Gasteiger charge is -2.19. The number of hydrogen-bond acceptors (Lipinski definition) is 6. The summed E-state index contributed by atoms with van der Waals surface area (Å²) in [5.41, 5.74) is 0. The second-order valence-electron chi connectivity index (χ2n) is 3.33. The molecule has 0 aromatic rings. The maximum absolute atomic E-state index is 11.3. The van der Waals surface area contributed by atoms with Gasteiger partial charge in [0.15, 0.2) is 6.29 Å². The zero-order chi connectivity index (χ0) is 12.4. The summed E-state index contributed by atoms with van der Waals surface area (Å²) in [5.74, 6) is -0.352. The van der Waals surface area contributed by atoms with Crippen LogP contribution in [-0.2, 0) is 14.3 Å². The number of ether oxygens (including phenoxy) is 2. The summed E-state index contributed by atoms with van der Waals surface area (Å²) in [7, 11) is 1.46. The van der Waals surface area contributed by atoms with Crippen molar-refractivity contribution in [2.24, 2.45) is 0 Å². The Hall–Kier alpha value is -0.690. The second-order valence-corrected chi connectivity index (χ2v) is 3.33. The smallest absolute Gasteiger partial charge is 0.309 e. The number of aliphatic hydroxyl groups is 2. The van der Waals surface area contributed by atoms with Crippen molar-refractivity contribution in [1.82, 2.24) is 4.90 Å². The van der Waals surface area contributed by atoms with E-state index in [9.17, 15) is 4.79 Å². The molecule has 0 rings (SSSR count). The average molecular weight is 235 g/mol. The molecule has 0 radical (unpaired) electrons. The van der Waals surface area contributed by atoms with Gasteiger partial charge < -0.3 is 19.7 Å². The van der Waals surface area contributed by atoms with Gasteiger partial charge in [0.25, 0.3) is 0 Å². The molecule has 0 saturated carbocycles. The fourth-order valence-corrected chi connectivity index (χ4v) is 1.16. The lowest BCUT2D eigenvalue weighted by molar-refractivity contribution is -0.170. The molecular formula is C10H21NO5. The zero-order valence-corrected chi connectivity index (χ0v) is 9.89. The molecule has 2 N–H and O–H groups in total. The van der Waals surface area contributed by atoms with E-state index in [1.807, 2.05) is 0 Å². The minimum atomic E-state index is -0.545. The van der Waals surface area contributed by atoms with Gasteiger partial charge in [0.2, 0.25) is 0 Å². The number of aliphatic hydroxyl groups excluding tert-OH is 2. The summed E-state index contributed by atoms with van der Waals surface area (Å²) < 4.78 is 9.68. The van der Waals surface area contributed by atoms with E-state index in [2.05, 4.69) is 0 Å². The van der Waals surface area contributed by atoms with E-state index in [0.717, 1.165) is 0 Å². The van der Waals surface area contributed by atoms with Gasteiger partial charge in [0.1, 0.15) is 0 Å². The van der Waals surface area contributed by atoms with E-state index in [4.69, 9.17) is 19.7 Å². The largest absolute Gasteiger partial charge is 0.436 e. The van der Waals surface area contributed by atoms with E-state index in [1.54, 1.807) is 11.8 Å². The lowest BCUT2D eigenvalue weighted by atomic mass is 10.3. The van der Waals surface area contributed by atoms with Gasteiger partial charge in [-0.25, -0.2) is 0 Å². The first-order chi connectivity index (χ1) is 7.63. The van der Waals surface area contributed by atoms with Crippen LogP contribution in [0.2, 0.25) is 0 Å². The zero-order valence-electron chi connectivity index (χ0n) is 9.89. The molecule has 0 aliphatic heterocycles. The Morgan fingerprint density at radius 3 is 2.25 bits per heavy atom. The van der Waals surface area contributed by atoms with Crippen LogP contribution in [0, 0.1) is 0 Å². The third kappa shape index (κ3) is 7.58. The fraction of sp³-hybridized carbons (Fsp3) is 0.900. The molecule has 0 aromatic heterocycles. The number of nitrogens with zero attached hydrogens (tertiary/aromatic N) is 1. The average Bonchev–Trinajstić information content (AvgIpc) is 2.26. The molecule has 6 heteroatoms. The first kappa shape index (κ1) is 15.3. The molecule has 0 fully saturated rings.